The van der Waals surface area contributed by atoms with Crippen LogP contribution in [0.1, 0.15) is 12.5 Å². The zero-order valence-electron chi connectivity index (χ0n) is 13.5. The SMILES string of the molecule is CNC(=O)Nc1ccc(OC(C)Cc2ccccc2)c([N+](=O)[O-])c1. The molecule has 0 fully saturated rings. The van der Waals surface area contributed by atoms with Crippen LogP contribution in [0.3, 0.4) is 0 Å². The van der Waals surface area contributed by atoms with Crippen molar-refractivity contribution in [2.24, 2.45) is 0 Å². The molecule has 2 rings (SSSR count). The highest BCUT2D eigenvalue weighted by molar-refractivity contribution is 5.89. The maximum atomic E-state index is 11.3. The molecular formula is C17H19N3O4. The summed E-state index contributed by atoms with van der Waals surface area (Å²) in [6.45, 7) is 1.85. The van der Waals surface area contributed by atoms with Gasteiger partial charge in [-0.05, 0) is 24.6 Å². The summed E-state index contributed by atoms with van der Waals surface area (Å²) in [5, 5.41) is 16.1. The van der Waals surface area contributed by atoms with E-state index in [0.29, 0.717) is 12.1 Å². The van der Waals surface area contributed by atoms with Gasteiger partial charge < -0.3 is 15.4 Å². The van der Waals surface area contributed by atoms with Crippen molar-refractivity contribution in [2.75, 3.05) is 12.4 Å². The van der Waals surface area contributed by atoms with E-state index < -0.39 is 11.0 Å². The van der Waals surface area contributed by atoms with Gasteiger partial charge in [-0.2, -0.15) is 0 Å². The standard InChI is InChI=1S/C17H19N3O4/c1-12(10-13-6-4-3-5-7-13)24-16-9-8-14(19-17(21)18-2)11-15(16)20(22)23/h3-9,11-12H,10H2,1-2H3,(H2,18,19,21). The van der Waals surface area contributed by atoms with Crippen LogP contribution in [0.2, 0.25) is 0 Å². The van der Waals surface area contributed by atoms with Gasteiger partial charge in [0.1, 0.15) is 6.10 Å². The van der Waals surface area contributed by atoms with Gasteiger partial charge >= 0.3 is 11.7 Å². The van der Waals surface area contributed by atoms with Crippen molar-refractivity contribution in [1.29, 1.82) is 0 Å². The van der Waals surface area contributed by atoms with Crippen LogP contribution >= 0.6 is 0 Å². The number of urea groups is 1. The minimum Gasteiger partial charge on any atom is -0.483 e. The zero-order valence-corrected chi connectivity index (χ0v) is 13.5. The van der Waals surface area contributed by atoms with Crippen LogP contribution in [0.4, 0.5) is 16.2 Å². The number of benzene rings is 2. The van der Waals surface area contributed by atoms with Crippen molar-refractivity contribution in [1.82, 2.24) is 5.32 Å². The van der Waals surface area contributed by atoms with Gasteiger partial charge in [0.2, 0.25) is 0 Å². The third kappa shape index (κ3) is 4.70. The molecule has 2 N–H and O–H groups in total. The first-order valence-corrected chi connectivity index (χ1v) is 7.47. The normalized spacial score (nSPS) is 11.4. The fourth-order valence-electron chi connectivity index (χ4n) is 2.24. The van der Waals surface area contributed by atoms with Crippen molar-refractivity contribution in [2.45, 2.75) is 19.4 Å². The largest absolute Gasteiger partial charge is 0.483 e. The smallest absolute Gasteiger partial charge is 0.318 e. The molecule has 126 valence electrons. The fourth-order valence-corrected chi connectivity index (χ4v) is 2.24. The van der Waals surface area contributed by atoms with Gasteiger partial charge in [0.25, 0.3) is 0 Å². The molecule has 0 spiro atoms. The molecule has 2 aromatic rings. The van der Waals surface area contributed by atoms with E-state index >= 15 is 0 Å². The average molecular weight is 329 g/mol. The molecule has 0 aliphatic rings. The Morgan fingerprint density at radius 2 is 1.96 bits per heavy atom. The van der Waals surface area contributed by atoms with Crippen molar-refractivity contribution in [3.05, 3.63) is 64.2 Å². The number of ether oxygens (including phenoxy) is 1. The maximum absolute atomic E-state index is 11.3. The summed E-state index contributed by atoms with van der Waals surface area (Å²) in [5.74, 6) is 0.172. The van der Waals surface area contributed by atoms with Gasteiger partial charge in [-0.25, -0.2) is 4.79 Å². The van der Waals surface area contributed by atoms with Crippen LogP contribution in [0.25, 0.3) is 0 Å². The molecule has 0 saturated heterocycles. The number of nitro benzene ring substituents is 1. The minimum atomic E-state index is -0.528. The maximum Gasteiger partial charge on any atom is 0.318 e. The first-order chi connectivity index (χ1) is 11.5. The number of nitro groups is 1. The summed E-state index contributed by atoms with van der Waals surface area (Å²) in [4.78, 5) is 22.0. The Morgan fingerprint density at radius 1 is 1.25 bits per heavy atom. The van der Waals surface area contributed by atoms with Crippen LogP contribution in [-0.2, 0) is 6.42 Å². The predicted molar refractivity (Wildman–Crippen MR) is 91.4 cm³/mol. The Kier molecular flexibility index (Phi) is 5.73. The highest BCUT2D eigenvalue weighted by atomic mass is 16.6. The van der Waals surface area contributed by atoms with E-state index in [9.17, 15) is 14.9 Å². The third-order valence-corrected chi connectivity index (χ3v) is 3.33. The Bertz CT molecular complexity index is 719. The van der Waals surface area contributed by atoms with Gasteiger partial charge in [-0.15, -0.1) is 0 Å². The number of carbonyl (C=O) groups excluding carboxylic acids is 1. The number of hydrogen-bond acceptors (Lipinski definition) is 4. The van der Waals surface area contributed by atoms with E-state index in [1.54, 1.807) is 6.07 Å². The fraction of sp³-hybridized carbons (Fsp3) is 0.235. The molecule has 24 heavy (non-hydrogen) atoms. The Labute approximate surface area is 139 Å². The van der Waals surface area contributed by atoms with Gasteiger partial charge in [0, 0.05) is 25.2 Å². The molecule has 0 radical (unpaired) electrons. The van der Waals surface area contributed by atoms with Crippen LogP contribution in [0, 0.1) is 10.1 Å². The number of rotatable bonds is 6. The van der Waals surface area contributed by atoms with Crippen molar-refractivity contribution in [3.8, 4) is 5.75 Å². The number of anilines is 1. The van der Waals surface area contributed by atoms with Gasteiger partial charge in [0.15, 0.2) is 5.75 Å². The van der Waals surface area contributed by atoms with Crippen molar-refractivity contribution in [3.63, 3.8) is 0 Å². The second kappa shape index (κ2) is 7.96. The monoisotopic (exact) mass is 329 g/mol. The lowest BCUT2D eigenvalue weighted by Gasteiger charge is -2.15. The molecule has 1 unspecified atom stereocenters. The summed E-state index contributed by atoms with van der Waals surface area (Å²) in [5.41, 5.74) is 1.22. The molecule has 7 heteroatoms. The van der Waals surface area contributed by atoms with Gasteiger partial charge in [-0.1, -0.05) is 30.3 Å². The van der Waals surface area contributed by atoms with Crippen LogP contribution < -0.4 is 15.4 Å². The molecule has 0 bridgehead atoms. The lowest BCUT2D eigenvalue weighted by Crippen LogP contribution is -2.24. The second-order valence-electron chi connectivity index (χ2n) is 5.26. The molecule has 1 atom stereocenters. The molecule has 2 amide bonds. The lowest BCUT2D eigenvalue weighted by molar-refractivity contribution is -0.386. The Hall–Kier alpha value is -3.09. The predicted octanol–water partition coefficient (Wildman–Crippen LogP) is 3.36. The molecule has 0 aliphatic heterocycles. The lowest BCUT2D eigenvalue weighted by atomic mass is 10.1. The average Bonchev–Trinajstić information content (AvgIpc) is 2.56. The Morgan fingerprint density at radius 3 is 2.58 bits per heavy atom. The molecular weight excluding hydrogens is 310 g/mol. The highest BCUT2D eigenvalue weighted by Gasteiger charge is 2.19. The van der Waals surface area contributed by atoms with E-state index in [1.165, 1.54) is 19.2 Å². The number of nitrogens with one attached hydrogen (secondary N) is 2. The van der Waals surface area contributed by atoms with E-state index in [2.05, 4.69) is 10.6 Å². The van der Waals surface area contributed by atoms with E-state index in [4.69, 9.17) is 4.74 Å². The third-order valence-electron chi connectivity index (χ3n) is 3.33. The first-order valence-electron chi connectivity index (χ1n) is 7.47. The second-order valence-corrected chi connectivity index (χ2v) is 5.26. The minimum absolute atomic E-state index is 0.172. The van der Waals surface area contributed by atoms with Gasteiger partial charge in [0.05, 0.1) is 4.92 Å². The summed E-state index contributed by atoms with van der Waals surface area (Å²) >= 11 is 0. The molecule has 0 saturated carbocycles. The molecule has 2 aromatic carbocycles. The van der Waals surface area contributed by atoms with Crippen LogP contribution in [0.15, 0.2) is 48.5 Å². The summed E-state index contributed by atoms with van der Waals surface area (Å²) in [6.07, 6.45) is 0.403. The topological polar surface area (TPSA) is 93.5 Å². The molecule has 0 aromatic heterocycles. The van der Waals surface area contributed by atoms with Gasteiger partial charge in [-0.3, -0.25) is 10.1 Å². The zero-order chi connectivity index (χ0) is 17.5. The summed E-state index contributed by atoms with van der Waals surface area (Å²) < 4.78 is 5.73. The number of amides is 2. The van der Waals surface area contributed by atoms with Crippen LogP contribution in [0.5, 0.6) is 5.75 Å². The van der Waals surface area contributed by atoms with Crippen molar-refractivity contribution < 1.29 is 14.5 Å². The number of hydrogen-bond donors (Lipinski definition) is 2. The van der Waals surface area contributed by atoms with Crippen LogP contribution in [-0.4, -0.2) is 24.1 Å². The first kappa shape index (κ1) is 17.3. The number of carbonyl (C=O) groups is 1. The molecule has 7 nitrogen and oxygen atoms in total. The van der Waals surface area contributed by atoms with E-state index in [-0.39, 0.29) is 17.5 Å². The quantitative estimate of drug-likeness (QED) is 0.628. The Balaban J connectivity index is 2.13. The van der Waals surface area contributed by atoms with E-state index in [0.717, 1.165) is 5.56 Å². The summed E-state index contributed by atoms with van der Waals surface area (Å²) in [6, 6.07) is 13.6. The summed E-state index contributed by atoms with van der Waals surface area (Å²) in [7, 11) is 1.46. The number of nitrogens with zero attached hydrogens (tertiary/aromatic N) is 1. The highest BCUT2D eigenvalue weighted by Crippen LogP contribution is 2.31. The molecule has 0 heterocycles. The van der Waals surface area contributed by atoms with E-state index in [1.807, 2.05) is 37.3 Å². The molecule has 0 aliphatic carbocycles. The van der Waals surface area contributed by atoms with Crippen molar-refractivity contribution >= 4 is 17.4 Å².